The number of hydrogen-bond acceptors (Lipinski definition) is 4. The fourth-order valence-electron chi connectivity index (χ4n) is 5.29. The van der Waals surface area contributed by atoms with Crippen molar-refractivity contribution in [3.63, 3.8) is 0 Å². The summed E-state index contributed by atoms with van der Waals surface area (Å²) in [6, 6.07) is 0. The van der Waals surface area contributed by atoms with Crippen molar-refractivity contribution in [1.29, 1.82) is 0 Å². The molecule has 4 nitrogen and oxygen atoms in total. The zero-order valence-corrected chi connectivity index (χ0v) is 23.9. The fourth-order valence-corrected chi connectivity index (χ4v) is 5.29. The molecule has 0 bridgehead atoms. The highest BCUT2D eigenvalue weighted by Gasteiger charge is 2.42. The van der Waals surface area contributed by atoms with Crippen LogP contribution in [0.5, 0.6) is 0 Å². The van der Waals surface area contributed by atoms with Crippen LogP contribution in [-0.2, 0) is 18.9 Å². The topological polar surface area (TPSA) is 36.9 Å². The van der Waals surface area contributed by atoms with Crippen LogP contribution in [0.2, 0.25) is 0 Å². The lowest BCUT2D eigenvalue weighted by molar-refractivity contribution is -0.270. The third kappa shape index (κ3) is 7.18. The van der Waals surface area contributed by atoms with Crippen molar-refractivity contribution >= 4 is 0 Å². The number of hydrogen-bond donors (Lipinski definition) is 0. The normalized spacial score (nSPS) is 30.8. The summed E-state index contributed by atoms with van der Waals surface area (Å²) in [5.41, 5.74) is 3.54. The lowest BCUT2D eigenvalue weighted by Crippen LogP contribution is -2.47. The maximum Gasteiger partial charge on any atom is 0.187 e. The Balaban J connectivity index is 0.000000191. The van der Waals surface area contributed by atoms with Crippen LogP contribution < -0.4 is 0 Å². The first-order chi connectivity index (χ1) is 15.5. The molecule has 2 aliphatic carbocycles. The van der Waals surface area contributed by atoms with Gasteiger partial charge in [0, 0.05) is 10.8 Å². The van der Waals surface area contributed by atoms with Gasteiger partial charge in [-0.15, -0.1) is 0 Å². The summed E-state index contributed by atoms with van der Waals surface area (Å²) in [5, 5.41) is 0. The van der Waals surface area contributed by atoms with E-state index in [0.29, 0.717) is 0 Å². The molecule has 0 unspecified atom stereocenters. The second-order valence-corrected chi connectivity index (χ2v) is 14.4. The van der Waals surface area contributed by atoms with Gasteiger partial charge in [-0.05, 0) is 74.3 Å². The van der Waals surface area contributed by atoms with E-state index in [-0.39, 0.29) is 21.7 Å². The molecule has 2 saturated heterocycles. The Kier molecular flexibility index (Phi) is 7.92. The minimum atomic E-state index is -0.479. The van der Waals surface area contributed by atoms with Crippen molar-refractivity contribution in [2.75, 3.05) is 26.4 Å². The summed E-state index contributed by atoms with van der Waals surface area (Å²) in [4.78, 5) is 0. The van der Waals surface area contributed by atoms with Crippen molar-refractivity contribution in [3.8, 4) is 0 Å². The minimum Gasteiger partial charge on any atom is -0.346 e. The highest BCUT2D eigenvalue weighted by Crippen LogP contribution is 2.43. The summed E-state index contributed by atoms with van der Waals surface area (Å²) < 4.78 is 24.1. The molecule has 4 rings (SSSR count). The molecule has 2 fully saturated rings. The molecule has 0 amide bonds. The summed E-state index contributed by atoms with van der Waals surface area (Å²) >= 11 is 0. The lowest BCUT2D eigenvalue weighted by atomic mass is 9.77. The molecule has 4 heteroatoms. The van der Waals surface area contributed by atoms with Crippen LogP contribution in [0, 0.1) is 21.7 Å². The molecule has 0 aromatic carbocycles. The Bertz CT molecular complexity index is 698. The zero-order chi connectivity index (χ0) is 25.5. The first-order valence-corrected chi connectivity index (χ1v) is 13.5. The van der Waals surface area contributed by atoms with E-state index in [0.717, 1.165) is 39.3 Å². The molecule has 0 radical (unpaired) electrons. The van der Waals surface area contributed by atoms with Gasteiger partial charge < -0.3 is 18.9 Å². The van der Waals surface area contributed by atoms with E-state index in [9.17, 15) is 0 Å². The average molecular weight is 477 g/mol. The third-order valence-corrected chi connectivity index (χ3v) is 7.78. The standard InChI is InChI=1S/2C15H26O2/c2*1-13(2)8-6-7-12(9-13)15(5)16-10-14(3,4)11-17-15/h2*9H,6-8,10-11H2,1-5H3. The number of allylic oxidation sites excluding steroid dienone is 2. The molecule has 2 heterocycles. The van der Waals surface area contributed by atoms with Crippen LogP contribution in [0.4, 0.5) is 0 Å². The highest BCUT2D eigenvalue weighted by molar-refractivity contribution is 5.20. The molecule has 2 aliphatic heterocycles. The quantitative estimate of drug-likeness (QED) is 0.381. The van der Waals surface area contributed by atoms with E-state index in [1.54, 1.807) is 0 Å². The molecular formula is C30H52O4. The average Bonchev–Trinajstić information content (AvgIpc) is 2.72. The van der Waals surface area contributed by atoms with Gasteiger partial charge in [0.05, 0.1) is 26.4 Å². The van der Waals surface area contributed by atoms with Gasteiger partial charge in [-0.1, -0.05) is 67.5 Å². The van der Waals surface area contributed by atoms with Crippen LogP contribution in [-0.4, -0.2) is 38.0 Å². The zero-order valence-electron chi connectivity index (χ0n) is 23.9. The van der Waals surface area contributed by atoms with Crippen LogP contribution in [0.25, 0.3) is 0 Å². The fraction of sp³-hybridized carbons (Fsp3) is 0.867. The van der Waals surface area contributed by atoms with Gasteiger partial charge in [-0.25, -0.2) is 0 Å². The van der Waals surface area contributed by atoms with Crippen LogP contribution >= 0.6 is 0 Å². The van der Waals surface area contributed by atoms with Crippen molar-refractivity contribution in [3.05, 3.63) is 23.3 Å². The maximum absolute atomic E-state index is 6.02. The summed E-state index contributed by atoms with van der Waals surface area (Å²) in [7, 11) is 0. The maximum atomic E-state index is 6.02. The predicted molar refractivity (Wildman–Crippen MR) is 140 cm³/mol. The van der Waals surface area contributed by atoms with Gasteiger partial charge >= 0.3 is 0 Å². The molecule has 0 aromatic rings. The van der Waals surface area contributed by atoms with Gasteiger partial charge in [0.15, 0.2) is 11.6 Å². The lowest BCUT2D eigenvalue weighted by Gasteiger charge is -2.44. The van der Waals surface area contributed by atoms with Crippen LogP contribution in [0.1, 0.15) is 108 Å². The monoisotopic (exact) mass is 476 g/mol. The van der Waals surface area contributed by atoms with E-state index in [2.05, 4.69) is 81.4 Å². The third-order valence-electron chi connectivity index (χ3n) is 7.78. The SMILES string of the molecule is CC1(C)C=C(C2(C)OCC(C)(C)CO2)CCC1.CC1(C)C=C(C2(C)OCC(C)(C)CO2)CCC1. The summed E-state index contributed by atoms with van der Waals surface area (Å²) in [6.45, 7) is 25.2. The molecular weight excluding hydrogens is 424 g/mol. The molecule has 0 saturated carbocycles. The highest BCUT2D eigenvalue weighted by atomic mass is 16.7. The first-order valence-electron chi connectivity index (χ1n) is 13.5. The Morgan fingerprint density at radius 1 is 0.500 bits per heavy atom. The Morgan fingerprint density at radius 3 is 1.06 bits per heavy atom. The van der Waals surface area contributed by atoms with Crippen molar-refractivity contribution in [2.45, 2.75) is 119 Å². The van der Waals surface area contributed by atoms with E-state index in [1.165, 1.54) is 36.8 Å². The molecule has 0 spiro atoms. The number of ether oxygens (including phenoxy) is 4. The van der Waals surface area contributed by atoms with Gasteiger partial charge in [-0.3, -0.25) is 0 Å². The van der Waals surface area contributed by atoms with Crippen molar-refractivity contribution in [1.82, 2.24) is 0 Å². The van der Waals surface area contributed by atoms with Crippen molar-refractivity contribution in [2.24, 2.45) is 21.7 Å². The van der Waals surface area contributed by atoms with Gasteiger partial charge in [0.2, 0.25) is 0 Å². The Hall–Kier alpha value is -0.680. The molecule has 0 aromatic heterocycles. The van der Waals surface area contributed by atoms with Gasteiger partial charge in [0.25, 0.3) is 0 Å². The van der Waals surface area contributed by atoms with Crippen LogP contribution in [0.15, 0.2) is 23.3 Å². The van der Waals surface area contributed by atoms with E-state index in [4.69, 9.17) is 18.9 Å². The van der Waals surface area contributed by atoms with E-state index in [1.807, 2.05) is 0 Å². The van der Waals surface area contributed by atoms with E-state index < -0.39 is 11.6 Å². The minimum absolute atomic E-state index is 0.143. The van der Waals surface area contributed by atoms with Crippen molar-refractivity contribution < 1.29 is 18.9 Å². The molecule has 0 atom stereocenters. The van der Waals surface area contributed by atoms with Crippen LogP contribution in [0.3, 0.4) is 0 Å². The second-order valence-electron chi connectivity index (χ2n) is 14.4. The Labute approximate surface area is 209 Å². The van der Waals surface area contributed by atoms with Gasteiger partial charge in [0.1, 0.15) is 0 Å². The molecule has 0 N–H and O–H groups in total. The summed E-state index contributed by atoms with van der Waals surface area (Å²) in [6.07, 6.45) is 12.0. The summed E-state index contributed by atoms with van der Waals surface area (Å²) in [5.74, 6) is -0.958. The Morgan fingerprint density at radius 2 is 0.794 bits per heavy atom. The molecule has 34 heavy (non-hydrogen) atoms. The molecule has 4 aliphatic rings. The predicted octanol–water partition coefficient (Wildman–Crippen LogP) is 7.82. The van der Waals surface area contributed by atoms with Gasteiger partial charge in [-0.2, -0.15) is 0 Å². The smallest absolute Gasteiger partial charge is 0.187 e. The largest absolute Gasteiger partial charge is 0.346 e. The number of rotatable bonds is 2. The first kappa shape index (κ1) is 27.9. The second kappa shape index (κ2) is 9.65. The van der Waals surface area contributed by atoms with E-state index >= 15 is 0 Å². The molecule has 196 valence electrons.